The first-order valence-corrected chi connectivity index (χ1v) is 10.9. The van der Waals surface area contributed by atoms with Gasteiger partial charge in [-0.25, -0.2) is 0 Å². The molecule has 1 saturated carbocycles. The molecule has 0 saturated heterocycles. The number of amides is 1. The quantitative estimate of drug-likeness (QED) is 0.672. The van der Waals surface area contributed by atoms with Crippen LogP contribution in [-0.4, -0.2) is 54.9 Å². The van der Waals surface area contributed by atoms with Crippen LogP contribution in [0.3, 0.4) is 0 Å². The molecule has 3 rings (SSSR count). The molecule has 0 spiro atoms. The van der Waals surface area contributed by atoms with Gasteiger partial charge < -0.3 is 20.1 Å². The molecule has 1 heterocycles. The fraction of sp³-hybridized carbons (Fsp3) is 0.696. The van der Waals surface area contributed by atoms with Crippen molar-refractivity contribution in [3.05, 3.63) is 34.9 Å². The van der Waals surface area contributed by atoms with Crippen molar-refractivity contribution in [3.8, 4) is 0 Å². The summed E-state index contributed by atoms with van der Waals surface area (Å²) < 4.78 is 5.47. The first-order valence-electron chi connectivity index (χ1n) is 10.9. The van der Waals surface area contributed by atoms with Crippen LogP contribution in [-0.2, 0) is 22.4 Å². The molecule has 2 N–H and O–H groups in total. The van der Waals surface area contributed by atoms with E-state index in [0.717, 1.165) is 45.1 Å². The van der Waals surface area contributed by atoms with Crippen molar-refractivity contribution in [2.75, 3.05) is 33.4 Å². The maximum Gasteiger partial charge on any atom is 0.224 e. The number of benzene rings is 1. The van der Waals surface area contributed by atoms with Crippen molar-refractivity contribution in [2.24, 2.45) is 0 Å². The number of aryl methyl sites for hydroxylation is 1. The summed E-state index contributed by atoms with van der Waals surface area (Å²) in [6, 6.07) is 6.65. The predicted octanol–water partition coefficient (Wildman–Crippen LogP) is 3.00. The Balaban J connectivity index is 1.57. The van der Waals surface area contributed by atoms with Gasteiger partial charge in [-0.1, -0.05) is 44.4 Å². The van der Waals surface area contributed by atoms with Crippen LogP contribution < -0.4 is 5.32 Å². The number of nitrogens with zero attached hydrogens (tertiary/aromatic N) is 1. The van der Waals surface area contributed by atoms with Crippen LogP contribution >= 0.6 is 0 Å². The molecule has 0 radical (unpaired) electrons. The lowest BCUT2D eigenvalue weighted by Crippen LogP contribution is -2.45. The van der Waals surface area contributed by atoms with Crippen LogP contribution in [0.1, 0.15) is 68.2 Å². The number of methoxy groups -OCH3 is 1. The Labute approximate surface area is 169 Å². The third kappa shape index (κ3) is 5.13. The Kier molecular flexibility index (Phi) is 7.49. The second-order valence-corrected chi connectivity index (χ2v) is 8.41. The Morgan fingerprint density at radius 2 is 2.11 bits per heavy atom. The van der Waals surface area contributed by atoms with Gasteiger partial charge >= 0.3 is 0 Å². The first-order chi connectivity index (χ1) is 13.6. The first kappa shape index (κ1) is 21.3. The fourth-order valence-electron chi connectivity index (χ4n) is 4.65. The molecular weight excluding hydrogens is 352 g/mol. The summed E-state index contributed by atoms with van der Waals surface area (Å²) in [5.74, 6) is 0.165. The molecule has 0 bridgehead atoms. The minimum absolute atomic E-state index is 0.00437. The largest absolute Gasteiger partial charge is 0.389 e. The van der Waals surface area contributed by atoms with E-state index >= 15 is 0 Å². The standard InChI is InChI=1S/C23H36N2O3/c1-3-18-7-8-19-10-14-25(21(16-28-2)20(19)15-18)22(26)9-13-24-17-23(27)11-5-4-6-12-23/h7-8,15,21,24,27H,3-6,9-14,16-17H2,1-2H3/t21-/m0/s1. The van der Waals surface area contributed by atoms with E-state index < -0.39 is 5.60 Å². The zero-order valence-corrected chi connectivity index (χ0v) is 17.5. The molecule has 28 heavy (non-hydrogen) atoms. The number of rotatable bonds is 8. The molecule has 5 nitrogen and oxygen atoms in total. The van der Waals surface area contributed by atoms with Gasteiger partial charge in [-0.2, -0.15) is 0 Å². The molecule has 0 aromatic heterocycles. The van der Waals surface area contributed by atoms with Gasteiger partial charge in [0.25, 0.3) is 0 Å². The van der Waals surface area contributed by atoms with Gasteiger partial charge in [0.05, 0.1) is 18.2 Å². The SMILES string of the molecule is CCc1ccc2c(c1)[C@H](COC)N(C(=O)CCNCC1(O)CCCCC1)CC2. The van der Waals surface area contributed by atoms with E-state index in [1.807, 2.05) is 4.90 Å². The number of fused-ring (bicyclic) bond motifs is 1. The van der Waals surface area contributed by atoms with Crippen LogP contribution in [0.25, 0.3) is 0 Å². The summed E-state index contributed by atoms with van der Waals surface area (Å²) in [4.78, 5) is 14.9. The van der Waals surface area contributed by atoms with E-state index in [2.05, 4.69) is 30.4 Å². The second-order valence-electron chi connectivity index (χ2n) is 8.41. The predicted molar refractivity (Wildman–Crippen MR) is 111 cm³/mol. The van der Waals surface area contributed by atoms with Gasteiger partial charge in [-0.05, 0) is 42.4 Å². The zero-order chi connectivity index (χ0) is 20.0. The van der Waals surface area contributed by atoms with Crippen molar-refractivity contribution in [3.63, 3.8) is 0 Å². The molecule has 5 heteroatoms. The molecule has 1 aromatic carbocycles. The van der Waals surface area contributed by atoms with Gasteiger partial charge in [0.2, 0.25) is 5.91 Å². The highest BCUT2D eigenvalue weighted by Crippen LogP contribution is 2.31. The number of nitrogens with one attached hydrogen (secondary N) is 1. The molecule has 1 aromatic rings. The number of hydrogen-bond acceptors (Lipinski definition) is 4. The highest BCUT2D eigenvalue weighted by atomic mass is 16.5. The summed E-state index contributed by atoms with van der Waals surface area (Å²) in [6.45, 7) is 4.63. The van der Waals surface area contributed by atoms with Gasteiger partial charge in [-0.3, -0.25) is 4.79 Å². The summed E-state index contributed by atoms with van der Waals surface area (Å²) in [7, 11) is 1.70. The molecule has 1 aliphatic carbocycles. The number of ether oxygens (including phenoxy) is 1. The van der Waals surface area contributed by atoms with Crippen LogP contribution in [0.2, 0.25) is 0 Å². The van der Waals surface area contributed by atoms with E-state index in [4.69, 9.17) is 4.74 Å². The Hall–Kier alpha value is -1.43. The summed E-state index contributed by atoms with van der Waals surface area (Å²) in [6.07, 6.45) is 7.51. The maximum absolute atomic E-state index is 12.9. The van der Waals surface area contributed by atoms with Crippen LogP contribution in [0, 0.1) is 0 Å². The fourth-order valence-corrected chi connectivity index (χ4v) is 4.65. The van der Waals surface area contributed by atoms with Crippen molar-refractivity contribution in [1.29, 1.82) is 0 Å². The van der Waals surface area contributed by atoms with Gasteiger partial charge in [0, 0.05) is 33.2 Å². The van der Waals surface area contributed by atoms with E-state index in [1.54, 1.807) is 7.11 Å². The van der Waals surface area contributed by atoms with E-state index in [9.17, 15) is 9.90 Å². The smallest absolute Gasteiger partial charge is 0.224 e. The van der Waals surface area contributed by atoms with Crippen LogP contribution in [0.15, 0.2) is 18.2 Å². The van der Waals surface area contributed by atoms with Gasteiger partial charge in [0.1, 0.15) is 0 Å². The number of hydrogen-bond donors (Lipinski definition) is 2. The molecule has 1 amide bonds. The minimum atomic E-state index is -0.583. The third-order valence-electron chi connectivity index (χ3n) is 6.37. The average molecular weight is 389 g/mol. The highest BCUT2D eigenvalue weighted by molar-refractivity contribution is 5.77. The van der Waals surface area contributed by atoms with Gasteiger partial charge in [0.15, 0.2) is 0 Å². The number of carbonyl (C=O) groups excluding carboxylic acids is 1. The number of carbonyl (C=O) groups is 1. The molecule has 1 aliphatic heterocycles. The Morgan fingerprint density at radius 3 is 2.82 bits per heavy atom. The molecule has 1 fully saturated rings. The Bertz CT molecular complexity index is 655. The summed E-state index contributed by atoms with van der Waals surface area (Å²) in [5.41, 5.74) is 3.29. The normalized spacial score (nSPS) is 21.4. The topological polar surface area (TPSA) is 61.8 Å². The van der Waals surface area contributed by atoms with Crippen molar-refractivity contribution in [1.82, 2.24) is 10.2 Å². The maximum atomic E-state index is 12.9. The van der Waals surface area contributed by atoms with E-state index in [1.165, 1.54) is 23.1 Å². The average Bonchev–Trinajstić information content (AvgIpc) is 2.71. The lowest BCUT2D eigenvalue weighted by atomic mass is 9.85. The number of aliphatic hydroxyl groups is 1. The monoisotopic (exact) mass is 388 g/mol. The molecule has 0 unspecified atom stereocenters. The lowest BCUT2D eigenvalue weighted by Gasteiger charge is -2.37. The highest BCUT2D eigenvalue weighted by Gasteiger charge is 2.31. The van der Waals surface area contributed by atoms with Crippen molar-refractivity contribution < 1.29 is 14.6 Å². The van der Waals surface area contributed by atoms with Crippen molar-refractivity contribution >= 4 is 5.91 Å². The second kappa shape index (κ2) is 9.86. The minimum Gasteiger partial charge on any atom is -0.389 e. The van der Waals surface area contributed by atoms with Crippen LogP contribution in [0.4, 0.5) is 0 Å². The molecular formula is C23H36N2O3. The lowest BCUT2D eigenvalue weighted by molar-refractivity contribution is -0.135. The Morgan fingerprint density at radius 1 is 1.32 bits per heavy atom. The van der Waals surface area contributed by atoms with Crippen LogP contribution in [0.5, 0.6) is 0 Å². The van der Waals surface area contributed by atoms with Gasteiger partial charge in [-0.15, -0.1) is 0 Å². The summed E-state index contributed by atoms with van der Waals surface area (Å²) in [5, 5.41) is 13.9. The van der Waals surface area contributed by atoms with Crippen molar-refractivity contribution in [2.45, 2.75) is 69.9 Å². The zero-order valence-electron chi connectivity index (χ0n) is 17.5. The van der Waals surface area contributed by atoms with E-state index in [-0.39, 0.29) is 11.9 Å². The summed E-state index contributed by atoms with van der Waals surface area (Å²) >= 11 is 0. The third-order valence-corrected chi connectivity index (χ3v) is 6.37. The molecule has 1 atom stereocenters. The molecule has 156 valence electrons. The molecule has 2 aliphatic rings. The van der Waals surface area contributed by atoms with E-state index in [0.29, 0.717) is 26.1 Å².